The fourth-order valence-electron chi connectivity index (χ4n) is 11.7. The van der Waals surface area contributed by atoms with Gasteiger partial charge in [0, 0.05) is 74.3 Å². The Morgan fingerprint density at radius 1 is 0.254 bits per heavy atom. The second-order valence-electron chi connectivity index (χ2n) is 18.1. The number of nitrogens with zero attached hydrogens (tertiary/aromatic N) is 8. The van der Waals surface area contributed by atoms with Crippen LogP contribution in [0.5, 0.6) is 0 Å². The van der Waals surface area contributed by atoms with Crippen LogP contribution in [0.25, 0.3) is 121 Å². The minimum atomic E-state index is 0.353. The molecule has 0 unspecified atom stereocenters. The fraction of sp³-hybridized carbons (Fsp3) is 0.0159. The second-order valence-corrected chi connectivity index (χ2v) is 18.1. The molecule has 0 N–H and O–H groups in total. The maximum Gasteiger partial charge on any atom is 0.161 e. The fourth-order valence-corrected chi connectivity index (χ4v) is 11.7. The highest BCUT2D eigenvalue weighted by Gasteiger charge is 2.35. The van der Waals surface area contributed by atoms with Gasteiger partial charge in [-0.3, -0.25) is 0 Å². The zero-order valence-corrected chi connectivity index (χ0v) is 38.2. The third-order valence-corrected chi connectivity index (χ3v) is 14.5. The lowest BCUT2D eigenvalue weighted by molar-refractivity contribution is 0.936. The van der Waals surface area contributed by atoms with Crippen LogP contribution in [-0.2, 0) is 6.42 Å². The monoisotopic (exact) mass is 908 g/mol. The van der Waals surface area contributed by atoms with Gasteiger partial charge < -0.3 is 18.3 Å². The molecule has 6 heterocycles. The third-order valence-electron chi connectivity index (χ3n) is 14.5. The molecule has 0 spiro atoms. The van der Waals surface area contributed by atoms with E-state index in [1.165, 1.54) is 0 Å². The van der Waals surface area contributed by atoms with Gasteiger partial charge in [-0.15, -0.1) is 0 Å². The number of para-hydroxylation sites is 8. The summed E-state index contributed by atoms with van der Waals surface area (Å²) in [6.45, 7) is 0. The first-order valence-corrected chi connectivity index (χ1v) is 24.0. The van der Waals surface area contributed by atoms with Crippen LogP contribution < -0.4 is 0 Å². The van der Waals surface area contributed by atoms with Crippen LogP contribution in [0.1, 0.15) is 11.4 Å². The van der Waals surface area contributed by atoms with Crippen LogP contribution in [0, 0.1) is 0 Å². The predicted molar refractivity (Wildman–Crippen MR) is 290 cm³/mol. The molecular weight excluding hydrogens is 869 g/mol. The lowest BCUT2D eigenvalue weighted by atomic mass is 9.93. The van der Waals surface area contributed by atoms with Crippen molar-refractivity contribution in [2.75, 3.05) is 0 Å². The van der Waals surface area contributed by atoms with Crippen LogP contribution in [-0.4, -0.2) is 38.2 Å². The summed E-state index contributed by atoms with van der Waals surface area (Å²) in [4.78, 5) is 20.6. The van der Waals surface area contributed by atoms with E-state index in [1.807, 2.05) is 36.9 Å². The van der Waals surface area contributed by atoms with Gasteiger partial charge >= 0.3 is 0 Å². The number of aromatic nitrogens is 8. The molecule has 0 atom stereocenters. The lowest BCUT2D eigenvalue weighted by Gasteiger charge is -2.30. The van der Waals surface area contributed by atoms with E-state index < -0.39 is 0 Å². The Kier molecular flexibility index (Phi) is 8.55. The Balaban J connectivity index is 1.34. The largest absolute Gasteiger partial charge is 0.307 e. The minimum Gasteiger partial charge on any atom is -0.307 e. The molecule has 15 rings (SSSR count). The highest BCUT2D eigenvalue weighted by molar-refractivity contribution is 6.16. The molecule has 6 aromatic heterocycles. The van der Waals surface area contributed by atoms with Gasteiger partial charge in [-0.2, -0.15) is 0 Å². The first-order valence-electron chi connectivity index (χ1n) is 24.0. The Morgan fingerprint density at radius 2 is 0.507 bits per heavy atom. The number of hydrogen-bond acceptors (Lipinski definition) is 4. The molecular formula is C63H40N8. The number of fused-ring (bicyclic) bond motifs is 12. The van der Waals surface area contributed by atoms with Crippen molar-refractivity contribution in [3.63, 3.8) is 0 Å². The molecule has 8 nitrogen and oxygen atoms in total. The molecule has 9 aromatic carbocycles. The molecule has 71 heavy (non-hydrogen) atoms. The average Bonchev–Trinajstić information content (AvgIpc) is 4.16. The van der Waals surface area contributed by atoms with Crippen LogP contribution in [0.3, 0.4) is 0 Å². The molecule has 0 fully saturated rings. The quantitative estimate of drug-likeness (QED) is 0.160. The zero-order valence-electron chi connectivity index (χ0n) is 38.2. The molecule has 0 saturated carbocycles. The van der Waals surface area contributed by atoms with E-state index in [2.05, 4.69) is 212 Å². The Hall–Kier alpha value is -9.66. The summed E-state index contributed by atoms with van der Waals surface area (Å²) in [6, 6.07) is 74.3. The zero-order chi connectivity index (χ0) is 46.6. The van der Waals surface area contributed by atoms with Crippen LogP contribution >= 0.6 is 0 Å². The molecule has 0 aliphatic carbocycles. The summed E-state index contributed by atoms with van der Waals surface area (Å²) in [7, 11) is 0. The van der Waals surface area contributed by atoms with Crippen molar-refractivity contribution >= 4 is 87.2 Å². The summed E-state index contributed by atoms with van der Waals surface area (Å²) >= 11 is 0. The van der Waals surface area contributed by atoms with Crippen molar-refractivity contribution in [2.24, 2.45) is 0 Å². The smallest absolute Gasteiger partial charge is 0.161 e. The Labute approximate surface area is 406 Å². The summed E-state index contributed by atoms with van der Waals surface area (Å²) in [5, 5.41) is 9.23. The average molecular weight is 909 g/mol. The van der Waals surface area contributed by atoms with Crippen molar-refractivity contribution in [1.29, 1.82) is 0 Å². The van der Waals surface area contributed by atoms with Gasteiger partial charge in [0.15, 0.2) is 5.82 Å². The predicted octanol–water partition coefficient (Wildman–Crippen LogP) is 14.9. The van der Waals surface area contributed by atoms with E-state index in [4.69, 9.17) is 19.9 Å². The van der Waals surface area contributed by atoms with Crippen LogP contribution in [0.15, 0.2) is 231 Å². The van der Waals surface area contributed by atoms with Gasteiger partial charge in [0.05, 0.1) is 72.4 Å². The molecule has 0 saturated heterocycles. The van der Waals surface area contributed by atoms with E-state index in [1.54, 1.807) is 0 Å². The van der Waals surface area contributed by atoms with Crippen LogP contribution in [0.2, 0.25) is 0 Å². The highest BCUT2D eigenvalue weighted by Crippen LogP contribution is 2.51. The van der Waals surface area contributed by atoms with Crippen LogP contribution in [0.4, 0.5) is 0 Å². The van der Waals surface area contributed by atoms with Gasteiger partial charge in [0.2, 0.25) is 0 Å². The molecule has 0 amide bonds. The van der Waals surface area contributed by atoms with Crippen molar-refractivity contribution in [2.45, 2.75) is 6.42 Å². The number of benzene rings is 9. The Bertz CT molecular complexity index is 4400. The first kappa shape index (κ1) is 39.3. The maximum absolute atomic E-state index is 5.28. The standard InChI is InChI=1S/C63H40N8/c1-9-27-49-40(19-1)41-20-2-10-28-50(41)68(49)59-48(39-57-64-35-17-36-65-57)58(63-66-37-18-38-67-63)60(69-51-29-11-3-21-42(51)43-22-4-12-30-52(43)69)62(71-55-33-15-7-25-46(55)47-26-8-16-34-56(47)71)61(59)70-53-31-13-5-23-44(53)45-24-6-14-32-54(45)70/h1-38H,39H2. The third kappa shape index (κ3) is 5.67. The summed E-state index contributed by atoms with van der Waals surface area (Å²) in [6.07, 6.45) is 7.76. The van der Waals surface area contributed by atoms with E-state index in [-0.39, 0.29) is 0 Å². The number of rotatable bonds is 7. The molecule has 0 bridgehead atoms. The summed E-state index contributed by atoms with van der Waals surface area (Å²) in [5.74, 6) is 1.27. The molecule has 332 valence electrons. The molecule has 0 radical (unpaired) electrons. The van der Waals surface area contributed by atoms with Gasteiger partial charge in [-0.25, -0.2) is 19.9 Å². The minimum absolute atomic E-state index is 0.353. The molecule has 0 aliphatic rings. The van der Waals surface area contributed by atoms with E-state index in [0.29, 0.717) is 18.1 Å². The topological polar surface area (TPSA) is 71.3 Å². The second kappa shape index (κ2) is 15.4. The van der Waals surface area contributed by atoms with Gasteiger partial charge in [-0.05, 0) is 66.2 Å². The first-order chi connectivity index (χ1) is 35.3. The van der Waals surface area contributed by atoms with Gasteiger partial charge in [0.1, 0.15) is 5.82 Å². The number of hydrogen-bond donors (Lipinski definition) is 0. The highest BCUT2D eigenvalue weighted by atomic mass is 15.1. The van der Waals surface area contributed by atoms with Crippen molar-refractivity contribution < 1.29 is 0 Å². The van der Waals surface area contributed by atoms with E-state index in [0.717, 1.165) is 121 Å². The van der Waals surface area contributed by atoms with Crippen molar-refractivity contribution in [3.05, 3.63) is 242 Å². The van der Waals surface area contributed by atoms with Gasteiger partial charge in [0.25, 0.3) is 0 Å². The SMILES string of the molecule is c1cnc(Cc2c(-c3ncccn3)c(-n3c4ccccc4c4ccccc43)c(-n3c4ccccc4c4ccccc43)c(-n3c4ccccc4c4ccccc43)c2-n2c3ccccc3c3ccccc32)nc1. The molecule has 0 aliphatic heterocycles. The summed E-state index contributed by atoms with van der Waals surface area (Å²) in [5.41, 5.74) is 14.3. The summed E-state index contributed by atoms with van der Waals surface area (Å²) < 4.78 is 10.0. The Morgan fingerprint density at radius 3 is 0.831 bits per heavy atom. The lowest BCUT2D eigenvalue weighted by Crippen LogP contribution is -2.18. The molecule has 15 aromatic rings. The molecule has 8 heteroatoms. The normalized spacial score (nSPS) is 12.0. The van der Waals surface area contributed by atoms with E-state index in [9.17, 15) is 0 Å². The van der Waals surface area contributed by atoms with Crippen molar-refractivity contribution in [3.8, 4) is 34.1 Å². The van der Waals surface area contributed by atoms with E-state index >= 15 is 0 Å². The van der Waals surface area contributed by atoms with Crippen molar-refractivity contribution in [1.82, 2.24) is 38.2 Å². The maximum atomic E-state index is 5.28. The van der Waals surface area contributed by atoms with Gasteiger partial charge in [-0.1, -0.05) is 146 Å².